The summed E-state index contributed by atoms with van der Waals surface area (Å²) in [5, 5.41) is 14.6. The van der Waals surface area contributed by atoms with Crippen LogP contribution in [0.3, 0.4) is 0 Å². The zero-order valence-electron chi connectivity index (χ0n) is 16.3. The van der Waals surface area contributed by atoms with Gasteiger partial charge in [0.1, 0.15) is 5.75 Å². The minimum absolute atomic E-state index is 0.109. The van der Waals surface area contributed by atoms with Gasteiger partial charge in [-0.2, -0.15) is 0 Å². The highest BCUT2D eigenvalue weighted by Gasteiger charge is 2.42. The summed E-state index contributed by atoms with van der Waals surface area (Å²) in [6.07, 6.45) is 1.80. The number of pyridine rings is 1. The standard InChI is InChI=1S/C22H24N4OS/c1-4-25-14(2)13-16(15(25)3)21-20(17-9-7-8-12-23-17)24-22(28)26(21)18-10-5-6-11-19(18)27/h5-13,20-21,27H,4H2,1-3H3,(H,24,28)/t20-,21+/m0/s1. The Hall–Kier alpha value is -2.86. The number of para-hydroxylation sites is 2. The van der Waals surface area contributed by atoms with E-state index in [9.17, 15) is 5.11 Å². The molecule has 1 fully saturated rings. The van der Waals surface area contributed by atoms with Gasteiger partial charge in [-0.05, 0) is 68.9 Å². The van der Waals surface area contributed by atoms with E-state index in [0.717, 1.165) is 12.2 Å². The van der Waals surface area contributed by atoms with Crippen molar-refractivity contribution in [2.24, 2.45) is 0 Å². The molecule has 6 heteroatoms. The van der Waals surface area contributed by atoms with Gasteiger partial charge in [0.25, 0.3) is 0 Å². The zero-order valence-corrected chi connectivity index (χ0v) is 17.1. The van der Waals surface area contributed by atoms with Gasteiger partial charge in [0.15, 0.2) is 5.11 Å². The maximum atomic E-state index is 10.5. The average Bonchev–Trinajstić information content (AvgIpc) is 3.18. The fourth-order valence-electron chi connectivity index (χ4n) is 4.21. The van der Waals surface area contributed by atoms with E-state index >= 15 is 0 Å². The van der Waals surface area contributed by atoms with Crippen molar-refractivity contribution < 1.29 is 5.11 Å². The molecule has 1 aliphatic heterocycles. The van der Waals surface area contributed by atoms with Crippen LogP contribution in [0.4, 0.5) is 5.69 Å². The van der Waals surface area contributed by atoms with Crippen LogP contribution in [-0.2, 0) is 6.54 Å². The minimum atomic E-state index is -0.112. The number of aromatic nitrogens is 2. The third-order valence-electron chi connectivity index (χ3n) is 5.49. The highest BCUT2D eigenvalue weighted by molar-refractivity contribution is 7.80. The number of phenols is 1. The Morgan fingerprint density at radius 2 is 1.89 bits per heavy atom. The number of aryl methyl sites for hydroxylation is 1. The van der Waals surface area contributed by atoms with Crippen LogP contribution in [0.25, 0.3) is 0 Å². The topological polar surface area (TPSA) is 53.3 Å². The van der Waals surface area contributed by atoms with E-state index < -0.39 is 0 Å². The molecular formula is C22H24N4OS. The Labute approximate surface area is 170 Å². The quantitative estimate of drug-likeness (QED) is 0.645. The Morgan fingerprint density at radius 1 is 1.14 bits per heavy atom. The van der Waals surface area contributed by atoms with Gasteiger partial charge in [-0.1, -0.05) is 18.2 Å². The number of benzene rings is 1. The number of aromatic hydroxyl groups is 1. The molecule has 5 nitrogen and oxygen atoms in total. The molecule has 3 aromatic rings. The van der Waals surface area contributed by atoms with Crippen LogP contribution in [0.15, 0.2) is 54.7 Å². The number of phenolic OH excluding ortho intramolecular Hbond substituents is 1. The van der Waals surface area contributed by atoms with Crippen molar-refractivity contribution in [1.82, 2.24) is 14.9 Å². The molecule has 1 aliphatic rings. The van der Waals surface area contributed by atoms with Crippen molar-refractivity contribution in [1.29, 1.82) is 0 Å². The zero-order chi connectivity index (χ0) is 19.8. The lowest BCUT2D eigenvalue weighted by atomic mass is 9.96. The number of nitrogens with one attached hydrogen (secondary N) is 1. The normalized spacial score (nSPS) is 19.1. The molecular weight excluding hydrogens is 368 g/mol. The monoisotopic (exact) mass is 392 g/mol. The second-order valence-corrected chi connectivity index (χ2v) is 7.44. The van der Waals surface area contributed by atoms with Gasteiger partial charge in [0.2, 0.25) is 0 Å². The van der Waals surface area contributed by atoms with Crippen molar-refractivity contribution in [3.63, 3.8) is 0 Å². The Morgan fingerprint density at radius 3 is 2.54 bits per heavy atom. The maximum Gasteiger partial charge on any atom is 0.174 e. The number of anilines is 1. The highest BCUT2D eigenvalue weighted by atomic mass is 32.1. The highest BCUT2D eigenvalue weighted by Crippen LogP contribution is 2.45. The number of thiocarbonyl (C=S) groups is 1. The molecule has 1 aromatic carbocycles. The Bertz CT molecular complexity index is 1010. The molecule has 1 saturated heterocycles. The molecule has 0 spiro atoms. The van der Waals surface area contributed by atoms with E-state index in [1.807, 2.05) is 41.3 Å². The van der Waals surface area contributed by atoms with Gasteiger partial charge < -0.3 is 19.9 Å². The summed E-state index contributed by atoms with van der Waals surface area (Å²) in [6.45, 7) is 7.33. The molecule has 0 saturated carbocycles. The first-order valence-electron chi connectivity index (χ1n) is 9.48. The molecule has 0 amide bonds. The minimum Gasteiger partial charge on any atom is -0.506 e. The van der Waals surface area contributed by atoms with Gasteiger partial charge in [0, 0.05) is 24.1 Å². The summed E-state index contributed by atoms with van der Waals surface area (Å²) in [5.74, 6) is 0.211. The van der Waals surface area contributed by atoms with Crippen LogP contribution in [0.1, 0.15) is 41.7 Å². The fraction of sp³-hybridized carbons (Fsp3) is 0.273. The van der Waals surface area contributed by atoms with Crippen LogP contribution in [0.5, 0.6) is 5.75 Å². The first-order valence-corrected chi connectivity index (χ1v) is 9.89. The SMILES string of the molecule is CCn1c(C)cc([C@@H]2[C@H](c3ccccn3)NC(=S)N2c2ccccc2O)c1C. The Balaban J connectivity index is 1.91. The van der Waals surface area contributed by atoms with Gasteiger partial charge in [0.05, 0.1) is 23.5 Å². The second kappa shape index (κ2) is 7.28. The molecule has 0 aliphatic carbocycles. The van der Waals surface area contributed by atoms with Crippen LogP contribution in [0.2, 0.25) is 0 Å². The largest absolute Gasteiger partial charge is 0.506 e. The van der Waals surface area contributed by atoms with Gasteiger partial charge >= 0.3 is 0 Å². The van der Waals surface area contributed by atoms with E-state index in [4.69, 9.17) is 12.2 Å². The summed E-state index contributed by atoms with van der Waals surface area (Å²) in [7, 11) is 0. The number of hydrogen-bond acceptors (Lipinski definition) is 3. The van der Waals surface area contributed by atoms with Crippen LogP contribution < -0.4 is 10.2 Å². The van der Waals surface area contributed by atoms with Crippen molar-refractivity contribution >= 4 is 23.0 Å². The molecule has 28 heavy (non-hydrogen) atoms. The smallest absolute Gasteiger partial charge is 0.174 e. The molecule has 2 aromatic heterocycles. The van der Waals surface area contributed by atoms with Crippen molar-refractivity contribution in [3.05, 3.63) is 77.4 Å². The lowest BCUT2D eigenvalue weighted by Gasteiger charge is -2.28. The second-order valence-electron chi connectivity index (χ2n) is 7.06. The van der Waals surface area contributed by atoms with E-state index in [2.05, 4.69) is 41.7 Å². The maximum absolute atomic E-state index is 10.5. The van der Waals surface area contributed by atoms with Crippen LogP contribution in [0, 0.1) is 13.8 Å². The third kappa shape index (κ3) is 2.94. The van der Waals surface area contributed by atoms with Crippen molar-refractivity contribution in [2.75, 3.05) is 4.90 Å². The predicted molar refractivity (Wildman–Crippen MR) is 116 cm³/mol. The van der Waals surface area contributed by atoms with E-state index in [-0.39, 0.29) is 17.8 Å². The molecule has 0 unspecified atom stereocenters. The summed E-state index contributed by atoms with van der Waals surface area (Å²) in [5.41, 5.74) is 5.23. The fourth-order valence-corrected chi connectivity index (χ4v) is 4.55. The van der Waals surface area contributed by atoms with E-state index in [1.165, 1.54) is 17.0 Å². The number of nitrogens with zero attached hydrogens (tertiary/aromatic N) is 3. The van der Waals surface area contributed by atoms with Gasteiger partial charge in [-0.15, -0.1) is 0 Å². The molecule has 2 atom stereocenters. The lowest BCUT2D eigenvalue weighted by molar-refractivity contribution is 0.472. The summed E-state index contributed by atoms with van der Waals surface area (Å²) in [6, 6.07) is 15.2. The van der Waals surface area contributed by atoms with Crippen LogP contribution in [-0.4, -0.2) is 19.8 Å². The van der Waals surface area contributed by atoms with Crippen molar-refractivity contribution in [3.8, 4) is 5.75 Å². The Kier molecular flexibility index (Phi) is 4.81. The first-order chi connectivity index (χ1) is 13.5. The van der Waals surface area contributed by atoms with E-state index in [0.29, 0.717) is 10.8 Å². The molecule has 0 bridgehead atoms. The summed E-state index contributed by atoms with van der Waals surface area (Å²) < 4.78 is 2.30. The number of hydrogen-bond donors (Lipinski definition) is 2. The van der Waals surface area contributed by atoms with Gasteiger partial charge in [-0.3, -0.25) is 4.98 Å². The molecule has 0 radical (unpaired) electrons. The van der Waals surface area contributed by atoms with E-state index in [1.54, 1.807) is 12.3 Å². The molecule has 3 heterocycles. The molecule has 4 rings (SSSR count). The molecule has 2 N–H and O–H groups in total. The van der Waals surface area contributed by atoms with Crippen LogP contribution >= 0.6 is 12.2 Å². The first kappa shape index (κ1) is 18.5. The van der Waals surface area contributed by atoms with Gasteiger partial charge in [-0.25, -0.2) is 0 Å². The predicted octanol–water partition coefficient (Wildman–Crippen LogP) is 4.40. The number of rotatable bonds is 4. The third-order valence-corrected chi connectivity index (χ3v) is 5.80. The summed E-state index contributed by atoms with van der Waals surface area (Å²) in [4.78, 5) is 6.60. The average molecular weight is 393 g/mol. The van der Waals surface area contributed by atoms with Crippen molar-refractivity contribution in [2.45, 2.75) is 39.4 Å². The summed E-state index contributed by atoms with van der Waals surface area (Å²) >= 11 is 5.72. The lowest BCUT2D eigenvalue weighted by Crippen LogP contribution is -2.29. The molecule has 144 valence electrons.